The van der Waals surface area contributed by atoms with Gasteiger partial charge in [0.1, 0.15) is 5.92 Å². The maximum absolute atomic E-state index is 15.6. The highest BCUT2D eigenvalue weighted by Gasteiger charge is 2.42. The molecule has 1 aromatic heterocycles. The molecule has 1 aliphatic carbocycles. The Morgan fingerprint density at radius 2 is 2.07 bits per heavy atom. The average molecular weight is 392 g/mol. The SMILES string of the molecule is CC[C@H](OC1(F)C=CC(c2ccccc2)=CC1C#N)[C@H](O)CCc1cccnc1. The van der Waals surface area contributed by atoms with Crippen molar-refractivity contribution in [3.05, 3.63) is 84.2 Å². The van der Waals surface area contributed by atoms with Crippen LogP contribution in [0.5, 0.6) is 0 Å². The van der Waals surface area contributed by atoms with Crippen LogP contribution in [-0.4, -0.2) is 28.2 Å². The number of pyridine rings is 1. The number of nitrogens with zero attached hydrogens (tertiary/aromatic N) is 2. The molecule has 0 bridgehead atoms. The van der Waals surface area contributed by atoms with E-state index in [9.17, 15) is 10.4 Å². The lowest BCUT2D eigenvalue weighted by atomic mass is 9.89. The fourth-order valence-corrected chi connectivity index (χ4v) is 3.43. The summed E-state index contributed by atoms with van der Waals surface area (Å²) < 4.78 is 21.3. The Bertz CT molecular complexity index is 892. The molecular formula is C24H25FN2O2. The van der Waals surface area contributed by atoms with E-state index in [4.69, 9.17) is 4.74 Å². The lowest BCUT2D eigenvalue weighted by Crippen LogP contribution is -2.42. The van der Waals surface area contributed by atoms with Crippen molar-refractivity contribution in [1.29, 1.82) is 5.26 Å². The van der Waals surface area contributed by atoms with Crippen LogP contribution in [0, 0.1) is 17.2 Å². The van der Waals surface area contributed by atoms with Gasteiger partial charge in [0.25, 0.3) is 0 Å². The molecule has 0 aliphatic heterocycles. The van der Waals surface area contributed by atoms with E-state index in [1.54, 1.807) is 24.5 Å². The van der Waals surface area contributed by atoms with Gasteiger partial charge in [0.15, 0.2) is 0 Å². The van der Waals surface area contributed by atoms with E-state index in [0.29, 0.717) is 19.3 Å². The number of allylic oxidation sites excluding steroid dienone is 2. The number of hydrogen-bond acceptors (Lipinski definition) is 4. The summed E-state index contributed by atoms with van der Waals surface area (Å²) in [6.07, 6.45) is 7.86. The summed E-state index contributed by atoms with van der Waals surface area (Å²) in [5, 5.41) is 20.1. The summed E-state index contributed by atoms with van der Waals surface area (Å²) in [4.78, 5) is 4.06. The molecule has 0 radical (unpaired) electrons. The van der Waals surface area contributed by atoms with Gasteiger partial charge in [0.05, 0.1) is 18.3 Å². The van der Waals surface area contributed by atoms with Crippen LogP contribution in [0.15, 0.2) is 73.1 Å². The Balaban J connectivity index is 1.69. The molecule has 3 rings (SSSR count). The molecule has 150 valence electrons. The fraction of sp³-hybridized carbons (Fsp3) is 0.333. The smallest absolute Gasteiger partial charge is 0.248 e. The third-order valence-electron chi connectivity index (χ3n) is 5.12. The molecule has 0 amide bonds. The lowest BCUT2D eigenvalue weighted by Gasteiger charge is -2.34. The summed E-state index contributed by atoms with van der Waals surface area (Å²) in [6.45, 7) is 1.83. The zero-order chi connectivity index (χ0) is 20.7. The topological polar surface area (TPSA) is 66.1 Å². The number of ether oxygens (including phenoxy) is 1. The average Bonchev–Trinajstić information content (AvgIpc) is 2.77. The number of aromatic nitrogens is 1. The second-order valence-corrected chi connectivity index (χ2v) is 7.16. The van der Waals surface area contributed by atoms with Crippen LogP contribution < -0.4 is 0 Å². The molecule has 1 aromatic carbocycles. The number of hydrogen-bond donors (Lipinski definition) is 1. The molecule has 0 saturated carbocycles. The number of alkyl halides is 1. The molecule has 0 spiro atoms. The minimum atomic E-state index is -2.27. The molecule has 0 fully saturated rings. The summed E-state index contributed by atoms with van der Waals surface area (Å²) in [6, 6.07) is 15.3. The third-order valence-corrected chi connectivity index (χ3v) is 5.12. The van der Waals surface area contributed by atoms with Gasteiger partial charge in [-0.15, -0.1) is 0 Å². The van der Waals surface area contributed by atoms with Crippen molar-refractivity contribution < 1.29 is 14.2 Å². The Hall–Kier alpha value is -2.81. The van der Waals surface area contributed by atoms with Crippen molar-refractivity contribution in [2.45, 2.75) is 44.2 Å². The molecule has 1 N–H and O–H groups in total. The van der Waals surface area contributed by atoms with E-state index in [1.165, 1.54) is 6.08 Å². The molecule has 2 aromatic rings. The summed E-state index contributed by atoms with van der Waals surface area (Å²) >= 11 is 0. The molecule has 1 aliphatic rings. The Kier molecular flexibility index (Phi) is 6.92. The standard InChI is InChI=1S/C24H25FN2O2/c1-2-23(22(28)11-10-18-7-6-14-27-17-18)29-24(25)13-12-20(15-21(24)16-26)19-8-4-3-5-9-19/h3-9,12-15,17,21-23,28H,2,10-11H2,1H3/t21?,22-,23+,24?/m1/s1. The number of aliphatic hydroxyl groups excluding tert-OH is 1. The summed E-state index contributed by atoms with van der Waals surface area (Å²) in [5.41, 5.74) is 2.69. The second kappa shape index (κ2) is 9.60. The molecule has 1 heterocycles. The maximum atomic E-state index is 15.6. The number of rotatable bonds is 8. The number of benzene rings is 1. The van der Waals surface area contributed by atoms with Crippen molar-refractivity contribution in [3.8, 4) is 6.07 Å². The Morgan fingerprint density at radius 1 is 1.28 bits per heavy atom. The Labute approximate surface area is 171 Å². The molecule has 4 nitrogen and oxygen atoms in total. The van der Waals surface area contributed by atoms with E-state index in [-0.39, 0.29) is 0 Å². The second-order valence-electron chi connectivity index (χ2n) is 7.16. The van der Waals surface area contributed by atoms with Crippen LogP contribution >= 0.6 is 0 Å². The number of aryl methyl sites for hydroxylation is 1. The largest absolute Gasteiger partial charge is 0.390 e. The predicted molar refractivity (Wildman–Crippen MR) is 110 cm³/mol. The van der Waals surface area contributed by atoms with Crippen molar-refractivity contribution in [3.63, 3.8) is 0 Å². The molecule has 0 saturated heterocycles. The summed E-state index contributed by atoms with van der Waals surface area (Å²) in [7, 11) is 0. The van der Waals surface area contributed by atoms with Gasteiger partial charge >= 0.3 is 0 Å². The van der Waals surface area contributed by atoms with Crippen molar-refractivity contribution in [1.82, 2.24) is 4.98 Å². The monoisotopic (exact) mass is 392 g/mol. The van der Waals surface area contributed by atoms with Gasteiger partial charge in [-0.1, -0.05) is 55.5 Å². The normalized spacial score (nSPS) is 23.1. The highest BCUT2D eigenvalue weighted by molar-refractivity contribution is 5.76. The van der Waals surface area contributed by atoms with E-state index in [1.807, 2.05) is 55.5 Å². The quantitative estimate of drug-likeness (QED) is 0.711. The zero-order valence-electron chi connectivity index (χ0n) is 16.4. The zero-order valence-corrected chi connectivity index (χ0v) is 16.4. The van der Waals surface area contributed by atoms with Crippen molar-refractivity contribution >= 4 is 5.57 Å². The number of halogens is 1. The minimum Gasteiger partial charge on any atom is -0.390 e. The van der Waals surface area contributed by atoms with Gasteiger partial charge < -0.3 is 9.84 Å². The molecule has 29 heavy (non-hydrogen) atoms. The van der Waals surface area contributed by atoms with Crippen molar-refractivity contribution in [2.24, 2.45) is 5.92 Å². The molecule has 2 unspecified atom stereocenters. The van der Waals surface area contributed by atoms with Crippen LogP contribution in [-0.2, 0) is 11.2 Å². The van der Waals surface area contributed by atoms with Gasteiger partial charge in [-0.05, 0) is 48.1 Å². The predicted octanol–water partition coefficient (Wildman–Crippen LogP) is 4.63. The fourth-order valence-electron chi connectivity index (χ4n) is 3.43. The number of aliphatic hydroxyl groups is 1. The van der Waals surface area contributed by atoms with Crippen LogP contribution in [0.1, 0.15) is 30.9 Å². The maximum Gasteiger partial charge on any atom is 0.248 e. The summed E-state index contributed by atoms with van der Waals surface area (Å²) in [5.74, 6) is -3.37. The van der Waals surface area contributed by atoms with E-state index in [2.05, 4.69) is 4.98 Å². The molecule has 4 atom stereocenters. The Morgan fingerprint density at radius 3 is 2.72 bits per heavy atom. The van der Waals surface area contributed by atoms with Gasteiger partial charge in [-0.3, -0.25) is 4.98 Å². The first-order valence-corrected chi connectivity index (χ1v) is 9.85. The number of nitriles is 1. The first-order chi connectivity index (χ1) is 14.1. The van der Waals surface area contributed by atoms with Crippen LogP contribution in [0.25, 0.3) is 5.57 Å². The highest BCUT2D eigenvalue weighted by Crippen LogP contribution is 2.37. The van der Waals surface area contributed by atoms with Crippen LogP contribution in [0.4, 0.5) is 4.39 Å². The first kappa shape index (κ1) is 20.9. The lowest BCUT2D eigenvalue weighted by molar-refractivity contribution is -0.187. The van der Waals surface area contributed by atoms with E-state index < -0.39 is 24.0 Å². The van der Waals surface area contributed by atoms with Gasteiger partial charge in [-0.25, -0.2) is 4.39 Å². The van der Waals surface area contributed by atoms with Crippen LogP contribution in [0.3, 0.4) is 0 Å². The highest BCUT2D eigenvalue weighted by atomic mass is 19.2. The molecular weight excluding hydrogens is 367 g/mol. The van der Waals surface area contributed by atoms with Gasteiger partial charge in [-0.2, -0.15) is 5.26 Å². The van der Waals surface area contributed by atoms with Crippen LogP contribution in [0.2, 0.25) is 0 Å². The first-order valence-electron chi connectivity index (χ1n) is 9.85. The van der Waals surface area contributed by atoms with E-state index >= 15 is 4.39 Å². The van der Waals surface area contributed by atoms with Gasteiger partial charge in [0.2, 0.25) is 5.85 Å². The minimum absolute atomic E-state index is 0.423. The third kappa shape index (κ3) is 5.17. The van der Waals surface area contributed by atoms with Gasteiger partial charge in [0, 0.05) is 12.4 Å². The molecule has 5 heteroatoms. The van der Waals surface area contributed by atoms with E-state index in [0.717, 1.165) is 16.7 Å². The van der Waals surface area contributed by atoms with Crippen molar-refractivity contribution in [2.75, 3.05) is 0 Å².